The number of ether oxygens (including phenoxy) is 1. The SMILES string of the molecule is CCCCCCC/C=C/C=C/C=C/CCCCCCCC(=O)OC(CCCCCCCCCCCCCCCCCCC)CC(=O)NC(CO)C(O)CCCCCCCCCCC. The highest BCUT2D eigenvalue weighted by Gasteiger charge is 2.24. The van der Waals surface area contributed by atoms with Crippen LogP contribution in [-0.4, -0.2) is 46.9 Å². The Hall–Kier alpha value is -1.92. The third kappa shape index (κ3) is 46.4. The number of esters is 1. The molecule has 0 aromatic carbocycles. The van der Waals surface area contributed by atoms with Gasteiger partial charge in [0.25, 0.3) is 0 Å². The van der Waals surface area contributed by atoms with Crippen molar-refractivity contribution in [3.05, 3.63) is 36.5 Å². The van der Waals surface area contributed by atoms with E-state index in [1.165, 1.54) is 173 Å². The smallest absolute Gasteiger partial charge is 0.306 e. The minimum Gasteiger partial charge on any atom is -0.462 e. The lowest BCUT2D eigenvalue weighted by atomic mass is 10.0. The lowest BCUT2D eigenvalue weighted by molar-refractivity contribution is -0.151. The Morgan fingerprint density at radius 2 is 0.810 bits per heavy atom. The van der Waals surface area contributed by atoms with E-state index in [1.807, 2.05) is 0 Å². The largest absolute Gasteiger partial charge is 0.462 e. The second-order valence-corrected chi connectivity index (χ2v) is 19.1. The average Bonchev–Trinajstić information content (AvgIpc) is 3.28. The van der Waals surface area contributed by atoms with Gasteiger partial charge in [-0.05, 0) is 51.4 Å². The van der Waals surface area contributed by atoms with Crippen molar-refractivity contribution in [1.29, 1.82) is 0 Å². The van der Waals surface area contributed by atoms with Crippen molar-refractivity contribution >= 4 is 11.9 Å². The highest BCUT2D eigenvalue weighted by Crippen LogP contribution is 2.18. The maximum absolute atomic E-state index is 13.2. The number of carbonyl (C=O) groups excluding carboxylic acids is 2. The van der Waals surface area contributed by atoms with E-state index in [0.29, 0.717) is 19.3 Å². The highest BCUT2D eigenvalue weighted by molar-refractivity contribution is 5.77. The number of unbranched alkanes of at least 4 members (excludes halogenated alkanes) is 34. The number of nitrogens with one attached hydrogen (secondary N) is 1. The highest BCUT2D eigenvalue weighted by atomic mass is 16.5. The van der Waals surface area contributed by atoms with Gasteiger partial charge in [-0.3, -0.25) is 9.59 Å². The number of carbonyl (C=O) groups is 2. The molecular weight excluding hydrogens is 779 g/mol. The summed E-state index contributed by atoms with van der Waals surface area (Å²) in [5, 5.41) is 23.7. The molecule has 1 amide bonds. The molecule has 370 valence electrons. The van der Waals surface area contributed by atoms with Crippen LogP contribution in [0.4, 0.5) is 0 Å². The van der Waals surface area contributed by atoms with Crippen molar-refractivity contribution in [1.82, 2.24) is 5.32 Å². The molecule has 0 aliphatic heterocycles. The van der Waals surface area contributed by atoms with E-state index in [1.54, 1.807) is 0 Å². The molecule has 0 saturated heterocycles. The van der Waals surface area contributed by atoms with Crippen LogP contribution in [-0.2, 0) is 14.3 Å². The summed E-state index contributed by atoms with van der Waals surface area (Å²) in [6.45, 7) is 6.47. The van der Waals surface area contributed by atoms with Gasteiger partial charge >= 0.3 is 5.97 Å². The number of aliphatic hydroxyl groups is 2. The van der Waals surface area contributed by atoms with Crippen LogP contribution >= 0.6 is 0 Å². The molecule has 0 bridgehead atoms. The van der Waals surface area contributed by atoms with Gasteiger partial charge in [-0.2, -0.15) is 0 Å². The molecular formula is C57H107NO5. The van der Waals surface area contributed by atoms with Gasteiger partial charge in [-0.25, -0.2) is 0 Å². The summed E-state index contributed by atoms with van der Waals surface area (Å²) >= 11 is 0. The second kappa shape index (κ2) is 51.1. The molecule has 0 rings (SSSR count). The van der Waals surface area contributed by atoms with E-state index in [4.69, 9.17) is 4.74 Å². The predicted octanol–water partition coefficient (Wildman–Crippen LogP) is 16.8. The van der Waals surface area contributed by atoms with Crippen molar-refractivity contribution in [3.63, 3.8) is 0 Å². The van der Waals surface area contributed by atoms with Crippen LogP contribution < -0.4 is 5.32 Å². The first-order valence-corrected chi connectivity index (χ1v) is 27.7. The Bertz CT molecular complexity index is 1040. The van der Waals surface area contributed by atoms with E-state index in [9.17, 15) is 19.8 Å². The second-order valence-electron chi connectivity index (χ2n) is 19.1. The minimum absolute atomic E-state index is 0.0734. The third-order valence-corrected chi connectivity index (χ3v) is 12.8. The Balaban J connectivity index is 4.56. The Morgan fingerprint density at radius 3 is 1.21 bits per heavy atom. The van der Waals surface area contributed by atoms with Crippen molar-refractivity contribution < 1.29 is 24.5 Å². The number of hydrogen-bond donors (Lipinski definition) is 3. The van der Waals surface area contributed by atoms with Crippen molar-refractivity contribution in [2.24, 2.45) is 0 Å². The summed E-state index contributed by atoms with van der Waals surface area (Å²) in [5.41, 5.74) is 0. The molecule has 0 aliphatic carbocycles. The van der Waals surface area contributed by atoms with Crippen molar-refractivity contribution in [2.75, 3.05) is 6.61 Å². The predicted molar refractivity (Wildman–Crippen MR) is 273 cm³/mol. The van der Waals surface area contributed by atoms with Gasteiger partial charge in [0.05, 0.1) is 25.2 Å². The van der Waals surface area contributed by atoms with Crippen LogP contribution in [0.1, 0.15) is 290 Å². The summed E-state index contributed by atoms with van der Waals surface area (Å²) in [5.74, 6) is -0.483. The van der Waals surface area contributed by atoms with Crippen LogP contribution in [0.2, 0.25) is 0 Å². The van der Waals surface area contributed by atoms with E-state index in [2.05, 4.69) is 62.5 Å². The molecule has 0 heterocycles. The van der Waals surface area contributed by atoms with Gasteiger partial charge in [0.2, 0.25) is 5.91 Å². The Labute approximate surface area is 392 Å². The molecule has 3 atom stereocenters. The van der Waals surface area contributed by atoms with E-state index in [-0.39, 0.29) is 24.9 Å². The van der Waals surface area contributed by atoms with Crippen LogP contribution in [0.25, 0.3) is 0 Å². The maximum Gasteiger partial charge on any atom is 0.306 e. The first kappa shape index (κ1) is 61.1. The number of allylic oxidation sites excluding steroid dienone is 6. The van der Waals surface area contributed by atoms with E-state index >= 15 is 0 Å². The zero-order chi connectivity index (χ0) is 45.9. The molecule has 0 saturated carbocycles. The lowest BCUT2D eigenvalue weighted by Crippen LogP contribution is -2.46. The fourth-order valence-corrected chi connectivity index (χ4v) is 8.55. The molecule has 0 spiro atoms. The van der Waals surface area contributed by atoms with Gasteiger partial charge < -0.3 is 20.3 Å². The van der Waals surface area contributed by atoms with Gasteiger partial charge in [0.15, 0.2) is 0 Å². The van der Waals surface area contributed by atoms with E-state index in [0.717, 1.165) is 70.6 Å². The Morgan fingerprint density at radius 1 is 0.460 bits per heavy atom. The zero-order valence-corrected chi connectivity index (χ0v) is 42.2. The summed E-state index contributed by atoms with van der Waals surface area (Å²) in [6.07, 6.45) is 60.7. The number of rotatable bonds is 50. The normalized spacial score (nSPS) is 13.4. The molecule has 0 fully saturated rings. The molecule has 63 heavy (non-hydrogen) atoms. The first-order valence-electron chi connectivity index (χ1n) is 27.7. The molecule has 6 nitrogen and oxygen atoms in total. The van der Waals surface area contributed by atoms with Gasteiger partial charge in [-0.15, -0.1) is 0 Å². The minimum atomic E-state index is -0.788. The Kier molecular flexibility index (Phi) is 49.5. The maximum atomic E-state index is 13.2. The summed E-state index contributed by atoms with van der Waals surface area (Å²) in [4.78, 5) is 26.2. The fourth-order valence-electron chi connectivity index (χ4n) is 8.55. The average molecular weight is 886 g/mol. The molecule has 3 N–H and O–H groups in total. The molecule has 0 aliphatic rings. The van der Waals surface area contributed by atoms with Gasteiger partial charge in [0, 0.05) is 6.42 Å². The van der Waals surface area contributed by atoms with Crippen LogP contribution in [0.15, 0.2) is 36.5 Å². The summed E-state index contributed by atoms with van der Waals surface area (Å²) in [6, 6.07) is -0.702. The zero-order valence-electron chi connectivity index (χ0n) is 42.2. The molecule has 0 radical (unpaired) electrons. The van der Waals surface area contributed by atoms with Crippen molar-refractivity contribution in [3.8, 4) is 0 Å². The van der Waals surface area contributed by atoms with Gasteiger partial charge in [-0.1, -0.05) is 263 Å². The lowest BCUT2D eigenvalue weighted by Gasteiger charge is -2.24. The summed E-state index contributed by atoms with van der Waals surface area (Å²) in [7, 11) is 0. The standard InChI is InChI=1S/C57H107NO5/c1-4-7-10-13-16-19-21-23-25-27-29-31-33-35-38-41-44-47-50-57(62)63-53(48-45-42-39-37-34-32-30-28-26-24-22-20-17-14-11-8-5-2)51-56(61)58-54(52-59)55(60)49-46-43-40-36-18-15-12-9-6-3/h21,23,25,27,29,31,53-55,59-60H,4-20,22,24,26,28,30,32-52H2,1-3H3,(H,58,61)/b23-21+,27-25+,31-29+. The third-order valence-electron chi connectivity index (χ3n) is 12.8. The number of aliphatic hydroxyl groups excluding tert-OH is 2. The number of hydrogen-bond acceptors (Lipinski definition) is 5. The topological polar surface area (TPSA) is 95.9 Å². The molecule has 3 unspecified atom stereocenters. The molecule has 6 heteroatoms. The number of amides is 1. The fraction of sp³-hybridized carbons (Fsp3) is 0.860. The van der Waals surface area contributed by atoms with Crippen LogP contribution in [0, 0.1) is 0 Å². The molecule has 0 aromatic rings. The summed E-state index contributed by atoms with van der Waals surface area (Å²) < 4.78 is 5.95. The monoisotopic (exact) mass is 886 g/mol. The van der Waals surface area contributed by atoms with Crippen molar-refractivity contribution in [2.45, 2.75) is 309 Å². The molecule has 0 aromatic heterocycles. The first-order chi connectivity index (χ1) is 31.0. The van der Waals surface area contributed by atoms with Gasteiger partial charge in [0.1, 0.15) is 6.10 Å². The van der Waals surface area contributed by atoms with Crippen LogP contribution in [0.3, 0.4) is 0 Å². The van der Waals surface area contributed by atoms with Crippen LogP contribution in [0.5, 0.6) is 0 Å². The quantitative estimate of drug-likeness (QED) is 0.0321. The van der Waals surface area contributed by atoms with E-state index < -0.39 is 18.2 Å².